The second-order valence-corrected chi connectivity index (χ2v) is 6.37. The summed E-state index contributed by atoms with van der Waals surface area (Å²) in [5.41, 5.74) is 0.0117. The molecule has 0 aliphatic carbocycles. The lowest BCUT2D eigenvalue weighted by Crippen LogP contribution is -2.43. The molecule has 4 nitrogen and oxygen atoms in total. The van der Waals surface area contributed by atoms with Gasteiger partial charge in [0, 0.05) is 16.5 Å². The Bertz CT molecular complexity index is 791. The maximum atomic E-state index is 12.6. The summed E-state index contributed by atoms with van der Waals surface area (Å²) < 4.78 is 43.2. The monoisotopic (exact) mass is 429 g/mol. The number of esters is 1. The van der Waals surface area contributed by atoms with Crippen LogP contribution in [0.15, 0.2) is 53.0 Å². The smallest absolute Gasteiger partial charge is 0.416 e. The summed E-state index contributed by atoms with van der Waals surface area (Å²) >= 11 is 3.25. The van der Waals surface area contributed by atoms with E-state index in [9.17, 15) is 22.8 Å². The average molecular weight is 430 g/mol. The number of ether oxygens (including phenoxy) is 1. The van der Waals surface area contributed by atoms with Crippen molar-refractivity contribution in [2.75, 3.05) is 7.11 Å². The van der Waals surface area contributed by atoms with Gasteiger partial charge in [0.15, 0.2) is 0 Å². The largest absolute Gasteiger partial charge is 0.467 e. The van der Waals surface area contributed by atoms with E-state index < -0.39 is 29.7 Å². The van der Waals surface area contributed by atoms with Gasteiger partial charge in [0.25, 0.3) is 5.91 Å². The van der Waals surface area contributed by atoms with Crippen molar-refractivity contribution in [1.29, 1.82) is 0 Å². The zero-order valence-corrected chi connectivity index (χ0v) is 15.2. The molecule has 1 N–H and O–H groups in total. The maximum Gasteiger partial charge on any atom is 0.416 e. The van der Waals surface area contributed by atoms with Gasteiger partial charge in [-0.2, -0.15) is 13.2 Å². The molecule has 0 bridgehead atoms. The van der Waals surface area contributed by atoms with Crippen molar-refractivity contribution in [2.45, 2.75) is 18.6 Å². The molecular weight excluding hydrogens is 415 g/mol. The number of alkyl halides is 3. The van der Waals surface area contributed by atoms with Crippen molar-refractivity contribution >= 4 is 27.8 Å². The van der Waals surface area contributed by atoms with Gasteiger partial charge in [-0.1, -0.05) is 34.1 Å². The van der Waals surface area contributed by atoms with Crippen LogP contribution in [0.4, 0.5) is 13.2 Å². The first kappa shape index (κ1) is 20.0. The van der Waals surface area contributed by atoms with Crippen LogP contribution in [0.1, 0.15) is 21.5 Å². The highest BCUT2D eigenvalue weighted by molar-refractivity contribution is 9.10. The molecule has 0 radical (unpaired) electrons. The van der Waals surface area contributed by atoms with Crippen molar-refractivity contribution in [1.82, 2.24) is 5.32 Å². The van der Waals surface area contributed by atoms with Crippen molar-refractivity contribution in [3.8, 4) is 0 Å². The Hall–Kier alpha value is -2.35. The Kier molecular flexibility index (Phi) is 6.42. The number of hydrogen-bond donors (Lipinski definition) is 1. The van der Waals surface area contributed by atoms with E-state index in [0.29, 0.717) is 15.6 Å². The van der Waals surface area contributed by atoms with Crippen molar-refractivity contribution < 1.29 is 27.5 Å². The van der Waals surface area contributed by atoms with Gasteiger partial charge < -0.3 is 10.1 Å². The summed E-state index contributed by atoms with van der Waals surface area (Å²) in [4.78, 5) is 24.3. The Balaban J connectivity index is 2.15. The van der Waals surface area contributed by atoms with E-state index in [-0.39, 0.29) is 6.42 Å². The van der Waals surface area contributed by atoms with Crippen molar-refractivity contribution in [2.24, 2.45) is 0 Å². The predicted octanol–water partition coefficient (Wildman–Crippen LogP) is 3.98. The summed E-state index contributed by atoms with van der Waals surface area (Å²) in [7, 11) is 1.17. The number of nitrogens with one attached hydrogen (secondary N) is 1. The number of benzene rings is 2. The van der Waals surface area contributed by atoms with Gasteiger partial charge in [-0.25, -0.2) is 4.79 Å². The van der Waals surface area contributed by atoms with E-state index in [4.69, 9.17) is 0 Å². The first-order chi connectivity index (χ1) is 12.2. The molecule has 0 aliphatic heterocycles. The number of halogens is 4. The van der Waals surface area contributed by atoms with E-state index in [2.05, 4.69) is 26.0 Å². The highest BCUT2D eigenvalue weighted by Gasteiger charge is 2.30. The Morgan fingerprint density at radius 1 is 1.15 bits per heavy atom. The number of hydrogen-bond acceptors (Lipinski definition) is 3. The number of carbonyl (C=O) groups excluding carboxylic acids is 2. The Morgan fingerprint density at radius 3 is 2.35 bits per heavy atom. The van der Waals surface area contributed by atoms with Crippen LogP contribution in [0.25, 0.3) is 0 Å². The van der Waals surface area contributed by atoms with Crippen LogP contribution in [0, 0.1) is 0 Å². The molecule has 2 aromatic rings. The lowest BCUT2D eigenvalue weighted by Gasteiger charge is -2.17. The third-order valence-electron chi connectivity index (χ3n) is 3.60. The van der Waals surface area contributed by atoms with Crippen LogP contribution in [0.5, 0.6) is 0 Å². The molecule has 0 saturated carbocycles. The van der Waals surface area contributed by atoms with Crippen molar-refractivity contribution in [3.63, 3.8) is 0 Å². The minimum Gasteiger partial charge on any atom is -0.467 e. The SMILES string of the molecule is COC(=O)[C@@H](Cc1ccc(C(F)(F)F)cc1)NC(=O)c1cccc(Br)c1. The van der Waals surface area contributed by atoms with Crippen LogP contribution in [0.2, 0.25) is 0 Å². The zero-order chi connectivity index (χ0) is 19.3. The van der Waals surface area contributed by atoms with Crippen LogP contribution in [0.3, 0.4) is 0 Å². The minimum absolute atomic E-state index is 0.00452. The van der Waals surface area contributed by atoms with E-state index >= 15 is 0 Å². The third kappa shape index (κ3) is 5.32. The van der Waals surface area contributed by atoms with Crippen LogP contribution < -0.4 is 5.32 Å². The molecule has 0 aromatic heterocycles. The number of carbonyl (C=O) groups is 2. The number of rotatable bonds is 5. The van der Waals surface area contributed by atoms with Crippen molar-refractivity contribution in [3.05, 3.63) is 69.7 Å². The number of methoxy groups -OCH3 is 1. The highest BCUT2D eigenvalue weighted by atomic mass is 79.9. The third-order valence-corrected chi connectivity index (χ3v) is 4.09. The molecule has 2 rings (SSSR count). The molecule has 0 saturated heterocycles. The lowest BCUT2D eigenvalue weighted by molar-refractivity contribution is -0.143. The Morgan fingerprint density at radius 2 is 1.81 bits per heavy atom. The fraction of sp³-hybridized carbons (Fsp3) is 0.222. The van der Waals surface area contributed by atoms with Gasteiger partial charge >= 0.3 is 12.1 Å². The molecule has 138 valence electrons. The molecule has 26 heavy (non-hydrogen) atoms. The standard InChI is InChI=1S/C18H15BrF3NO3/c1-26-17(25)15(23-16(24)12-3-2-4-14(19)10-12)9-11-5-7-13(8-6-11)18(20,21)22/h2-8,10,15H,9H2,1H3,(H,23,24)/t15-/m1/s1. The van der Waals surface area contributed by atoms with Crippen LogP contribution in [-0.4, -0.2) is 25.0 Å². The predicted molar refractivity (Wildman–Crippen MR) is 92.6 cm³/mol. The topological polar surface area (TPSA) is 55.4 Å². The lowest BCUT2D eigenvalue weighted by atomic mass is 10.0. The first-order valence-electron chi connectivity index (χ1n) is 7.51. The summed E-state index contributed by atoms with van der Waals surface area (Å²) in [5.74, 6) is -1.18. The molecule has 1 amide bonds. The summed E-state index contributed by atoms with van der Waals surface area (Å²) in [5, 5.41) is 2.55. The molecular formula is C18H15BrF3NO3. The molecule has 0 aliphatic rings. The molecule has 0 spiro atoms. The highest BCUT2D eigenvalue weighted by Crippen LogP contribution is 2.29. The second kappa shape index (κ2) is 8.35. The second-order valence-electron chi connectivity index (χ2n) is 5.46. The van der Waals surface area contributed by atoms with Crippen LogP contribution in [-0.2, 0) is 22.1 Å². The van der Waals surface area contributed by atoms with Gasteiger partial charge in [0.2, 0.25) is 0 Å². The van der Waals surface area contributed by atoms with Gasteiger partial charge in [0.05, 0.1) is 12.7 Å². The van der Waals surface area contributed by atoms with Gasteiger partial charge in [-0.15, -0.1) is 0 Å². The molecule has 0 unspecified atom stereocenters. The molecule has 1 atom stereocenters. The Labute approximate surface area is 156 Å². The summed E-state index contributed by atoms with van der Waals surface area (Å²) in [6.07, 6.45) is -4.43. The van der Waals surface area contributed by atoms with Gasteiger partial charge in [-0.3, -0.25) is 4.79 Å². The quantitative estimate of drug-likeness (QED) is 0.731. The van der Waals surface area contributed by atoms with Gasteiger partial charge in [-0.05, 0) is 35.9 Å². The average Bonchev–Trinajstić information content (AvgIpc) is 2.60. The summed E-state index contributed by atoms with van der Waals surface area (Å²) in [6, 6.07) is 9.95. The fourth-order valence-electron chi connectivity index (χ4n) is 2.27. The molecule has 8 heteroatoms. The summed E-state index contributed by atoms with van der Waals surface area (Å²) in [6.45, 7) is 0. The van der Waals surface area contributed by atoms with E-state index in [0.717, 1.165) is 12.1 Å². The minimum atomic E-state index is -4.44. The van der Waals surface area contributed by atoms with Crippen LogP contribution >= 0.6 is 15.9 Å². The number of amides is 1. The van der Waals surface area contributed by atoms with Gasteiger partial charge in [0.1, 0.15) is 6.04 Å². The van der Waals surface area contributed by atoms with E-state index in [1.807, 2.05) is 0 Å². The fourth-order valence-corrected chi connectivity index (χ4v) is 2.67. The van der Waals surface area contributed by atoms with E-state index in [1.54, 1.807) is 24.3 Å². The zero-order valence-electron chi connectivity index (χ0n) is 13.6. The first-order valence-corrected chi connectivity index (χ1v) is 8.30. The normalized spacial score (nSPS) is 12.3. The molecule has 2 aromatic carbocycles. The molecule has 0 fully saturated rings. The molecule has 0 heterocycles. The van der Waals surface area contributed by atoms with E-state index in [1.165, 1.54) is 19.2 Å². The maximum absolute atomic E-state index is 12.6.